The third kappa shape index (κ3) is 11.6. The summed E-state index contributed by atoms with van der Waals surface area (Å²) in [5.74, 6) is 6.07. The molecule has 10 heteroatoms. The summed E-state index contributed by atoms with van der Waals surface area (Å²) in [6, 6.07) is 23.8. The summed E-state index contributed by atoms with van der Waals surface area (Å²) in [6.07, 6.45) is 3.34. The molecule has 0 spiro atoms. The summed E-state index contributed by atoms with van der Waals surface area (Å²) in [5, 5.41) is 0. The van der Waals surface area contributed by atoms with E-state index in [4.69, 9.17) is 47.4 Å². The smallest absolute Gasteiger partial charge is 0.160 e. The second-order valence-electron chi connectivity index (χ2n) is 12.5. The first-order valence-electron chi connectivity index (χ1n) is 17.4. The zero-order valence-electron chi connectivity index (χ0n) is 31.8. The highest BCUT2D eigenvalue weighted by Crippen LogP contribution is 2.34. The first kappa shape index (κ1) is 40.0. The zero-order valence-corrected chi connectivity index (χ0v) is 31.8. The van der Waals surface area contributed by atoms with Crippen LogP contribution in [0.3, 0.4) is 0 Å². The van der Waals surface area contributed by atoms with Crippen molar-refractivity contribution in [1.29, 1.82) is 0 Å². The highest BCUT2D eigenvalue weighted by molar-refractivity contribution is 5.44. The number of benzene rings is 4. The molecule has 0 saturated carbocycles. The molecule has 4 aromatic carbocycles. The topological polar surface area (TPSA) is 92.3 Å². The van der Waals surface area contributed by atoms with Crippen molar-refractivity contribution in [3.63, 3.8) is 0 Å². The molecule has 0 aliphatic heterocycles. The van der Waals surface area contributed by atoms with Crippen LogP contribution in [0.15, 0.2) is 72.8 Å². The van der Waals surface area contributed by atoms with Gasteiger partial charge >= 0.3 is 0 Å². The quantitative estimate of drug-likeness (QED) is 0.0703. The van der Waals surface area contributed by atoms with Crippen molar-refractivity contribution in [1.82, 2.24) is 0 Å². The molecule has 0 aromatic heterocycles. The Bertz CT molecular complexity index is 1630. The van der Waals surface area contributed by atoms with E-state index in [0.29, 0.717) is 49.4 Å². The van der Waals surface area contributed by atoms with Gasteiger partial charge < -0.3 is 47.4 Å². The standard InChI is InChI=1S/C42H54O10/c1-43-35-18-31(19-36(24-35)44-2)26-51-15-9-10-33(16-29-11-13-39(47-5)41(22-29)49-7)34(17-30-12-14-40(48-6)42(23-30)50-8)28-52-27-32-20-37(45-3)25-38(21-32)46-4/h11-14,18-25,33-34H,9-10,15-17,26-28H2,1-8H3/t33-,34+/m0/s1. The van der Waals surface area contributed by atoms with Gasteiger partial charge in [0.25, 0.3) is 0 Å². The van der Waals surface area contributed by atoms with Crippen molar-refractivity contribution in [3.8, 4) is 46.0 Å². The summed E-state index contributed by atoms with van der Waals surface area (Å²) in [4.78, 5) is 0. The molecule has 0 heterocycles. The van der Waals surface area contributed by atoms with E-state index in [2.05, 4.69) is 24.3 Å². The van der Waals surface area contributed by atoms with Gasteiger partial charge in [0.1, 0.15) is 23.0 Å². The van der Waals surface area contributed by atoms with E-state index in [1.165, 1.54) is 0 Å². The maximum absolute atomic E-state index is 6.52. The van der Waals surface area contributed by atoms with Gasteiger partial charge in [-0.3, -0.25) is 0 Å². The van der Waals surface area contributed by atoms with Crippen molar-refractivity contribution in [2.75, 3.05) is 70.1 Å². The second kappa shape index (κ2) is 20.9. The molecule has 4 aromatic rings. The number of ether oxygens (including phenoxy) is 10. The Morgan fingerprint density at radius 3 is 1.25 bits per heavy atom. The zero-order chi connectivity index (χ0) is 37.3. The van der Waals surface area contributed by atoms with Crippen LogP contribution in [0.25, 0.3) is 0 Å². The molecule has 4 rings (SSSR count). The van der Waals surface area contributed by atoms with Crippen LogP contribution in [0.2, 0.25) is 0 Å². The predicted octanol–water partition coefficient (Wildman–Crippen LogP) is 7.99. The second-order valence-corrected chi connectivity index (χ2v) is 12.5. The molecule has 2 atom stereocenters. The average Bonchev–Trinajstić information content (AvgIpc) is 3.19. The van der Waals surface area contributed by atoms with Gasteiger partial charge in [0.15, 0.2) is 23.0 Å². The molecule has 282 valence electrons. The van der Waals surface area contributed by atoms with Gasteiger partial charge in [-0.25, -0.2) is 0 Å². The Kier molecular flexibility index (Phi) is 16.1. The Morgan fingerprint density at radius 2 is 0.827 bits per heavy atom. The molecule has 10 nitrogen and oxygen atoms in total. The highest BCUT2D eigenvalue weighted by Gasteiger charge is 2.24. The maximum Gasteiger partial charge on any atom is 0.160 e. The van der Waals surface area contributed by atoms with Crippen LogP contribution in [0.5, 0.6) is 46.0 Å². The van der Waals surface area contributed by atoms with E-state index in [1.807, 2.05) is 48.5 Å². The van der Waals surface area contributed by atoms with E-state index >= 15 is 0 Å². The Morgan fingerprint density at radius 1 is 0.404 bits per heavy atom. The normalized spacial score (nSPS) is 12.1. The van der Waals surface area contributed by atoms with E-state index in [-0.39, 0.29) is 11.8 Å². The molecule has 0 aliphatic rings. The van der Waals surface area contributed by atoms with Crippen molar-refractivity contribution in [3.05, 3.63) is 95.1 Å². The lowest BCUT2D eigenvalue weighted by molar-refractivity contribution is 0.0578. The first-order valence-corrected chi connectivity index (χ1v) is 17.4. The molecule has 0 fully saturated rings. The van der Waals surface area contributed by atoms with Gasteiger partial charge in [0, 0.05) is 18.7 Å². The molecule has 0 radical (unpaired) electrons. The van der Waals surface area contributed by atoms with Crippen LogP contribution in [-0.4, -0.2) is 70.1 Å². The maximum atomic E-state index is 6.52. The lowest BCUT2D eigenvalue weighted by Crippen LogP contribution is -2.25. The summed E-state index contributed by atoms with van der Waals surface area (Å²) in [7, 11) is 13.2. The van der Waals surface area contributed by atoms with Gasteiger partial charge in [0.2, 0.25) is 0 Å². The summed E-state index contributed by atoms with van der Waals surface area (Å²) < 4.78 is 57.0. The fourth-order valence-electron chi connectivity index (χ4n) is 6.35. The molecule has 0 aliphatic carbocycles. The fourth-order valence-corrected chi connectivity index (χ4v) is 6.35. The SMILES string of the molecule is COc1cc(COCCC[C@@H](Cc2ccc(OC)c(OC)c2)[C@@H](COCc2cc(OC)cc(OC)c2)Cc2ccc(OC)c(OC)c2)cc(OC)c1. The van der Waals surface area contributed by atoms with Crippen molar-refractivity contribution < 1.29 is 47.4 Å². The molecule has 0 N–H and O–H groups in total. The number of hydrogen-bond acceptors (Lipinski definition) is 10. The Hall–Kier alpha value is -4.80. The monoisotopic (exact) mass is 718 g/mol. The molecular formula is C42H54O10. The Labute approximate surface area is 308 Å². The van der Waals surface area contributed by atoms with Crippen LogP contribution in [0, 0.1) is 11.8 Å². The molecule has 52 heavy (non-hydrogen) atoms. The molecular weight excluding hydrogens is 664 g/mol. The van der Waals surface area contributed by atoms with Gasteiger partial charge in [-0.1, -0.05) is 12.1 Å². The number of hydrogen-bond donors (Lipinski definition) is 0. The van der Waals surface area contributed by atoms with Crippen molar-refractivity contribution >= 4 is 0 Å². The largest absolute Gasteiger partial charge is 0.497 e. The summed E-state index contributed by atoms with van der Waals surface area (Å²) in [5.41, 5.74) is 4.25. The third-order valence-corrected chi connectivity index (χ3v) is 9.11. The minimum Gasteiger partial charge on any atom is -0.497 e. The molecule has 0 bridgehead atoms. The van der Waals surface area contributed by atoms with Crippen LogP contribution < -0.4 is 37.9 Å². The van der Waals surface area contributed by atoms with Gasteiger partial charge in [-0.2, -0.15) is 0 Å². The Balaban J connectivity index is 1.58. The van der Waals surface area contributed by atoms with Crippen LogP contribution in [-0.2, 0) is 35.5 Å². The average molecular weight is 719 g/mol. The summed E-state index contributed by atoms with van der Waals surface area (Å²) in [6.45, 7) is 1.98. The third-order valence-electron chi connectivity index (χ3n) is 9.11. The van der Waals surface area contributed by atoms with Gasteiger partial charge in [0.05, 0.1) is 76.7 Å². The van der Waals surface area contributed by atoms with E-state index < -0.39 is 0 Å². The van der Waals surface area contributed by atoms with Crippen molar-refractivity contribution in [2.45, 2.75) is 38.9 Å². The van der Waals surface area contributed by atoms with Gasteiger partial charge in [-0.05, 0) is 108 Å². The van der Waals surface area contributed by atoms with Crippen LogP contribution in [0.4, 0.5) is 0 Å². The van der Waals surface area contributed by atoms with Crippen LogP contribution in [0.1, 0.15) is 35.1 Å². The lowest BCUT2D eigenvalue weighted by Gasteiger charge is -2.28. The fraction of sp³-hybridized carbons (Fsp3) is 0.429. The summed E-state index contributed by atoms with van der Waals surface area (Å²) >= 11 is 0. The highest BCUT2D eigenvalue weighted by atomic mass is 16.5. The minimum absolute atomic E-state index is 0.140. The number of methoxy groups -OCH3 is 8. The molecule has 0 saturated heterocycles. The van der Waals surface area contributed by atoms with E-state index in [0.717, 1.165) is 70.9 Å². The van der Waals surface area contributed by atoms with Crippen molar-refractivity contribution in [2.24, 2.45) is 11.8 Å². The van der Waals surface area contributed by atoms with E-state index in [9.17, 15) is 0 Å². The molecule has 0 amide bonds. The van der Waals surface area contributed by atoms with Crippen LogP contribution >= 0.6 is 0 Å². The van der Waals surface area contributed by atoms with Gasteiger partial charge in [-0.15, -0.1) is 0 Å². The minimum atomic E-state index is 0.140. The lowest BCUT2D eigenvalue weighted by atomic mass is 9.80. The molecule has 0 unspecified atom stereocenters. The number of rotatable bonds is 23. The van der Waals surface area contributed by atoms with E-state index in [1.54, 1.807) is 56.9 Å². The first-order chi connectivity index (χ1) is 25.4. The predicted molar refractivity (Wildman–Crippen MR) is 201 cm³/mol.